The van der Waals surface area contributed by atoms with Crippen molar-refractivity contribution in [3.8, 4) is 0 Å². The number of nitrogens with one attached hydrogen (secondary N) is 1. The van der Waals surface area contributed by atoms with Crippen molar-refractivity contribution in [2.24, 2.45) is 0 Å². The van der Waals surface area contributed by atoms with Gasteiger partial charge in [0.15, 0.2) is 0 Å². The Bertz CT molecular complexity index is 554. The van der Waals surface area contributed by atoms with Crippen LogP contribution in [0.5, 0.6) is 0 Å². The lowest BCUT2D eigenvalue weighted by atomic mass is 10.2. The van der Waals surface area contributed by atoms with Gasteiger partial charge in [0, 0.05) is 36.3 Å². The molecular weight excluding hydrogens is 290 g/mol. The van der Waals surface area contributed by atoms with E-state index < -0.39 is 0 Å². The standard InChI is InChI=1S/C15H20ClN3S/c1-11(2)18-9-12-5-4-8-17-15(12)19(3)10-13-6-7-14(16)20-13/h4-8,11,18H,9-10H2,1-3H3. The van der Waals surface area contributed by atoms with Crippen LogP contribution in [0.3, 0.4) is 0 Å². The molecule has 0 atom stereocenters. The topological polar surface area (TPSA) is 28.2 Å². The molecule has 0 saturated heterocycles. The summed E-state index contributed by atoms with van der Waals surface area (Å²) < 4.78 is 0.830. The van der Waals surface area contributed by atoms with E-state index in [9.17, 15) is 0 Å². The van der Waals surface area contributed by atoms with Gasteiger partial charge < -0.3 is 10.2 Å². The molecule has 2 aromatic heterocycles. The van der Waals surface area contributed by atoms with Crippen molar-refractivity contribution in [2.45, 2.75) is 33.0 Å². The third kappa shape index (κ3) is 4.20. The Morgan fingerprint density at radius 1 is 1.35 bits per heavy atom. The monoisotopic (exact) mass is 309 g/mol. The second-order valence-corrected chi connectivity index (χ2v) is 6.88. The Morgan fingerprint density at radius 2 is 2.15 bits per heavy atom. The summed E-state index contributed by atoms with van der Waals surface area (Å²) in [7, 11) is 2.06. The van der Waals surface area contributed by atoms with Gasteiger partial charge in [0.2, 0.25) is 0 Å². The molecule has 20 heavy (non-hydrogen) atoms. The molecule has 0 aliphatic heterocycles. The average molecular weight is 310 g/mol. The van der Waals surface area contributed by atoms with Crippen LogP contribution in [0.1, 0.15) is 24.3 Å². The molecule has 2 rings (SSSR count). The summed E-state index contributed by atoms with van der Waals surface area (Å²) in [5.41, 5.74) is 1.21. The van der Waals surface area contributed by atoms with Crippen molar-refractivity contribution in [2.75, 3.05) is 11.9 Å². The minimum atomic E-state index is 0.462. The van der Waals surface area contributed by atoms with Crippen LogP contribution < -0.4 is 10.2 Å². The third-order valence-electron chi connectivity index (χ3n) is 2.95. The summed E-state index contributed by atoms with van der Waals surface area (Å²) in [6.07, 6.45) is 1.84. The van der Waals surface area contributed by atoms with Crippen LogP contribution in [-0.4, -0.2) is 18.1 Å². The first kappa shape index (κ1) is 15.3. The summed E-state index contributed by atoms with van der Waals surface area (Å²) in [4.78, 5) is 7.92. The van der Waals surface area contributed by atoms with Crippen molar-refractivity contribution in [3.63, 3.8) is 0 Å². The highest BCUT2D eigenvalue weighted by Gasteiger charge is 2.10. The van der Waals surface area contributed by atoms with Crippen molar-refractivity contribution in [1.82, 2.24) is 10.3 Å². The Hall–Kier alpha value is -1.10. The van der Waals surface area contributed by atoms with E-state index in [1.54, 1.807) is 11.3 Å². The van der Waals surface area contributed by atoms with Crippen LogP contribution in [0.2, 0.25) is 4.34 Å². The van der Waals surface area contributed by atoms with Crippen molar-refractivity contribution in [3.05, 3.63) is 45.2 Å². The molecule has 0 amide bonds. The van der Waals surface area contributed by atoms with Gasteiger partial charge in [-0.25, -0.2) is 4.98 Å². The Kier molecular flexibility index (Phi) is 5.40. The molecule has 2 heterocycles. The van der Waals surface area contributed by atoms with Crippen LogP contribution >= 0.6 is 22.9 Å². The molecule has 2 aromatic rings. The first-order valence-corrected chi connectivity index (χ1v) is 7.88. The van der Waals surface area contributed by atoms with Gasteiger partial charge in [-0.05, 0) is 18.2 Å². The lowest BCUT2D eigenvalue weighted by molar-refractivity contribution is 0.587. The Labute approximate surface area is 129 Å². The van der Waals surface area contributed by atoms with Crippen LogP contribution in [0, 0.1) is 0 Å². The highest BCUT2D eigenvalue weighted by molar-refractivity contribution is 7.16. The smallest absolute Gasteiger partial charge is 0.133 e. The molecule has 5 heteroatoms. The summed E-state index contributed by atoms with van der Waals surface area (Å²) >= 11 is 7.60. The van der Waals surface area contributed by atoms with Crippen LogP contribution in [-0.2, 0) is 13.1 Å². The molecule has 0 saturated carbocycles. The number of nitrogens with zero attached hydrogens (tertiary/aromatic N) is 2. The van der Waals surface area contributed by atoms with E-state index in [0.29, 0.717) is 6.04 Å². The summed E-state index contributed by atoms with van der Waals surface area (Å²) in [5.74, 6) is 1.02. The average Bonchev–Trinajstić information content (AvgIpc) is 2.82. The molecule has 0 spiro atoms. The lowest BCUT2D eigenvalue weighted by Crippen LogP contribution is -2.25. The van der Waals surface area contributed by atoms with Gasteiger partial charge in [-0.3, -0.25) is 0 Å². The largest absolute Gasteiger partial charge is 0.354 e. The van der Waals surface area contributed by atoms with Crippen LogP contribution in [0.15, 0.2) is 30.5 Å². The summed E-state index contributed by atoms with van der Waals surface area (Å²) in [6.45, 7) is 5.94. The first-order valence-electron chi connectivity index (χ1n) is 6.69. The minimum absolute atomic E-state index is 0.462. The van der Waals surface area contributed by atoms with E-state index in [1.165, 1.54) is 10.4 Å². The lowest BCUT2D eigenvalue weighted by Gasteiger charge is -2.21. The zero-order valence-electron chi connectivity index (χ0n) is 12.1. The van der Waals surface area contributed by atoms with Crippen molar-refractivity contribution in [1.29, 1.82) is 0 Å². The Morgan fingerprint density at radius 3 is 2.80 bits per heavy atom. The van der Waals surface area contributed by atoms with Gasteiger partial charge in [0.05, 0.1) is 10.9 Å². The number of thiophene rings is 1. The molecule has 0 bridgehead atoms. The fourth-order valence-corrected chi connectivity index (χ4v) is 3.11. The van der Waals surface area contributed by atoms with Crippen molar-refractivity contribution < 1.29 is 0 Å². The third-order valence-corrected chi connectivity index (χ3v) is 4.17. The van der Waals surface area contributed by atoms with Crippen molar-refractivity contribution >= 4 is 28.8 Å². The number of hydrogen-bond acceptors (Lipinski definition) is 4. The maximum atomic E-state index is 5.98. The molecular formula is C15H20ClN3S. The minimum Gasteiger partial charge on any atom is -0.354 e. The predicted molar refractivity (Wildman–Crippen MR) is 87.6 cm³/mol. The molecule has 3 nitrogen and oxygen atoms in total. The van der Waals surface area contributed by atoms with Crippen LogP contribution in [0.25, 0.3) is 0 Å². The van der Waals surface area contributed by atoms with E-state index in [0.717, 1.165) is 23.2 Å². The quantitative estimate of drug-likeness (QED) is 0.876. The number of anilines is 1. The van der Waals surface area contributed by atoms with Gasteiger partial charge in [0.1, 0.15) is 5.82 Å². The number of halogens is 1. The SMILES string of the molecule is CC(C)NCc1cccnc1N(C)Cc1ccc(Cl)s1. The highest BCUT2D eigenvalue weighted by atomic mass is 35.5. The molecule has 0 fully saturated rings. The second-order valence-electron chi connectivity index (χ2n) is 5.08. The summed E-state index contributed by atoms with van der Waals surface area (Å²) in [5, 5.41) is 3.44. The molecule has 108 valence electrons. The van der Waals surface area contributed by atoms with Gasteiger partial charge >= 0.3 is 0 Å². The molecule has 1 N–H and O–H groups in total. The molecule has 0 unspecified atom stereocenters. The van der Waals surface area contributed by atoms with Gasteiger partial charge in [-0.2, -0.15) is 0 Å². The molecule has 0 aliphatic rings. The van der Waals surface area contributed by atoms with E-state index in [4.69, 9.17) is 11.6 Å². The summed E-state index contributed by atoms with van der Waals surface area (Å²) in [6, 6.07) is 8.57. The number of pyridine rings is 1. The fourth-order valence-electron chi connectivity index (χ4n) is 1.97. The maximum Gasteiger partial charge on any atom is 0.133 e. The van der Waals surface area contributed by atoms with Gasteiger partial charge in [-0.15, -0.1) is 11.3 Å². The zero-order valence-corrected chi connectivity index (χ0v) is 13.6. The van der Waals surface area contributed by atoms with Gasteiger partial charge in [-0.1, -0.05) is 31.5 Å². The molecule has 0 radical (unpaired) electrons. The van der Waals surface area contributed by atoms with E-state index in [2.05, 4.69) is 48.2 Å². The second kappa shape index (κ2) is 7.07. The predicted octanol–water partition coefficient (Wildman–Crippen LogP) is 3.93. The zero-order chi connectivity index (χ0) is 14.5. The van der Waals surface area contributed by atoms with E-state index >= 15 is 0 Å². The van der Waals surface area contributed by atoms with E-state index in [-0.39, 0.29) is 0 Å². The normalized spacial score (nSPS) is 11.1. The maximum absolute atomic E-state index is 5.98. The number of aromatic nitrogens is 1. The number of hydrogen-bond donors (Lipinski definition) is 1. The Balaban J connectivity index is 2.10. The van der Waals surface area contributed by atoms with Gasteiger partial charge in [0.25, 0.3) is 0 Å². The highest BCUT2D eigenvalue weighted by Crippen LogP contribution is 2.25. The molecule has 0 aliphatic carbocycles. The molecule has 0 aromatic carbocycles. The first-order chi connectivity index (χ1) is 9.56. The van der Waals surface area contributed by atoms with E-state index in [1.807, 2.05) is 18.3 Å². The van der Waals surface area contributed by atoms with Crippen LogP contribution in [0.4, 0.5) is 5.82 Å². The fraction of sp³-hybridized carbons (Fsp3) is 0.400. The number of rotatable bonds is 6.